The second-order valence-corrected chi connectivity index (χ2v) is 7.07. The maximum absolute atomic E-state index is 12.5. The monoisotopic (exact) mass is 363 g/mol. The van der Waals surface area contributed by atoms with E-state index in [-0.39, 0.29) is 5.78 Å². The summed E-state index contributed by atoms with van der Waals surface area (Å²) in [5.41, 5.74) is 4.40. The van der Waals surface area contributed by atoms with Crippen LogP contribution in [0.25, 0.3) is 0 Å². The van der Waals surface area contributed by atoms with Crippen LogP contribution in [0.4, 0.5) is 5.69 Å². The summed E-state index contributed by atoms with van der Waals surface area (Å²) in [7, 11) is 0. The van der Waals surface area contributed by atoms with Gasteiger partial charge in [0.15, 0.2) is 12.4 Å². The zero-order chi connectivity index (χ0) is 17.9. The maximum atomic E-state index is 12.5. The highest BCUT2D eigenvalue weighted by Gasteiger charge is 2.22. The van der Waals surface area contributed by atoms with Crippen LogP contribution in [0.5, 0.6) is 0 Å². The van der Waals surface area contributed by atoms with Crippen LogP contribution < -0.4 is 9.88 Å². The SMILES string of the molecule is O=C(C[n+]1ccc2c(c1)CCC(c1ccccc1)N2)c1ccc(Cl)cc1. The van der Waals surface area contributed by atoms with Gasteiger partial charge in [-0.05, 0) is 42.7 Å². The molecule has 0 fully saturated rings. The van der Waals surface area contributed by atoms with Gasteiger partial charge in [0, 0.05) is 27.9 Å². The first-order valence-corrected chi connectivity index (χ1v) is 9.19. The normalized spacial score (nSPS) is 15.8. The fourth-order valence-corrected chi connectivity index (χ4v) is 3.54. The van der Waals surface area contributed by atoms with E-state index in [0.29, 0.717) is 23.2 Å². The number of carbonyl (C=O) groups excluding carboxylic acids is 1. The van der Waals surface area contributed by atoms with E-state index in [9.17, 15) is 4.79 Å². The first-order valence-electron chi connectivity index (χ1n) is 8.81. The molecule has 0 spiro atoms. The highest BCUT2D eigenvalue weighted by atomic mass is 35.5. The number of fused-ring (bicyclic) bond motifs is 1. The van der Waals surface area contributed by atoms with E-state index in [4.69, 9.17) is 11.6 Å². The van der Waals surface area contributed by atoms with Crippen molar-refractivity contribution in [3.8, 4) is 0 Å². The van der Waals surface area contributed by atoms with Gasteiger partial charge in [-0.1, -0.05) is 41.9 Å². The number of nitrogens with zero attached hydrogens (tertiary/aromatic N) is 1. The number of aromatic nitrogens is 1. The number of rotatable bonds is 4. The van der Waals surface area contributed by atoms with Crippen LogP contribution in [-0.4, -0.2) is 5.78 Å². The molecule has 2 aromatic carbocycles. The van der Waals surface area contributed by atoms with Crippen molar-refractivity contribution in [2.75, 3.05) is 5.32 Å². The maximum Gasteiger partial charge on any atom is 0.227 e. The minimum absolute atomic E-state index is 0.0811. The summed E-state index contributed by atoms with van der Waals surface area (Å²) in [4.78, 5) is 12.5. The Morgan fingerprint density at radius 2 is 1.85 bits per heavy atom. The summed E-state index contributed by atoms with van der Waals surface area (Å²) in [5.74, 6) is 0.0811. The van der Waals surface area contributed by atoms with E-state index in [1.165, 1.54) is 11.1 Å². The molecule has 1 aliphatic heterocycles. The average molecular weight is 364 g/mol. The van der Waals surface area contributed by atoms with Crippen molar-refractivity contribution in [2.45, 2.75) is 25.4 Å². The third-order valence-electron chi connectivity index (χ3n) is 4.83. The van der Waals surface area contributed by atoms with Gasteiger partial charge in [0.2, 0.25) is 12.3 Å². The summed E-state index contributed by atoms with van der Waals surface area (Å²) in [6, 6.07) is 20.0. The Bertz CT molecular complexity index is 923. The number of Topliss-reactive ketones (excluding diaryl/α,β-unsaturated/α-hetero) is 1. The molecule has 4 rings (SSSR count). The van der Waals surface area contributed by atoms with Crippen LogP contribution in [0.15, 0.2) is 73.1 Å². The van der Waals surface area contributed by atoms with Gasteiger partial charge in [0.05, 0.1) is 6.04 Å². The highest BCUT2D eigenvalue weighted by Crippen LogP contribution is 2.31. The summed E-state index contributed by atoms with van der Waals surface area (Å²) >= 11 is 5.89. The van der Waals surface area contributed by atoms with Crippen LogP contribution in [0.2, 0.25) is 5.02 Å². The number of hydrogen-bond acceptors (Lipinski definition) is 2. The molecule has 0 saturated heterocycles. The Balaban J connectivity index is 1.48. The number of hydrogen-bond donors (Lipinski definition) is 1. The molecule has 1 unspecified atom stereocenters. The van der Waals surface area contributed by atoms with Crippen molar-refractivity contribution in [3.05, 3.63) is 94.8 Å². The van der Waals surface area contributed by atoms with Crippen LogP contribution in [0, 0.1) is 0 Å². The van der Waals surface area contributed by atoms with E-state index in [1.54, 1.807) is 24.3 Å². The number of pyridine rings is 1. The van der Waals surface area contributed by atoms with E-state index in [2.05, 4.69) is 41.8 Å². The molecular weight excluding hydrogens is 344 g/mol. The third kappa shape index (κ3) is 3.63. The minimum Gasteiger partial charge on any atom is -0.378 e. The number of benzene rings is 2. The number of anilines is 1. The molecule has 2 heterocycles. The molecule has 0 radical (unpaired) electrons. The fourth-order valence-electron chi connectivity index (χ4n) is 3.42. The lowest BCUT2D eigenvalue weighted by Gasteiger charge is -2.26. The first-order chi connectivity index (χ1) is 12.7. The number of ketones is 1. The van der Waals surface area contributed by atoms with Crippen LogP contribution in [0.3, 0.4) is 0 Å². The van der Waals surface area contributed by atoms with Crippen molar-refractivity contribution in [3.63, 3.8) is 0 Å². The molecule has 1 atom stereocenters. The van der Waals surface area contributed by atoms with Gasteiger partial charge in [0.1, 0.15) is 0 Å². The van der Waals surface area contributed by atoms with Crippen LogP contribution in [-0.2, 0) is 13.0 Å². The molecule has 3 aromatic rings. The summed E-state index contributed by atoms with van der Waals surface area (Å²) in [5, 5.41) is 4.26. The quantitative estimate of drug-likeness (QED) is 0.542. The smallest absolute Gasteiger partial charge is 0.227 e. The van der Waals surface area contributed by atoms with Gasteiger partial charge in [0.25, 0.3) is 0 Å². The van der Waals surface area contributed by atoms with Crippen molar-refractivity contribution < 1.29 is 9.36 Å². The van der Waals surface area contributed by atoms with Crippen molar-refractivity contribution in [2.24, 2.45) is 0 Å². The van der Waals surface area contributed by atoms with E-state index >= 15 is 0 Å². The third-order valence-corrected chi connectivity index (χ3v) is 5.08. The second kappa shape index (κ2) is 7.30. The summed E-state index contributed by atoms with van der Waals surface area (Å²) in [6.07, 6.45) is 6.09. The first kappa shape index (κ1) is 16.8. The van der Waals surface area contributed by atoms with Crippen LogP contribution in [0.1, 0.15) is 33.9 Å². The van der Waals surface area contributed by atoms with Gasteiger partial charge in [-0.3, -0.25) is 4.79 Å². The molecule has 1 N–H and O–H groups in total. The van der Waals surface area contributed by atoms with E-state index in [0.717, 1.165) is 18.5 Å². The van der Waals surface area contributed by atoms with Gasteiger partial charge in [-0.15, -0.1) is 0 Å². The number of aryl methyl sites for hydroxylation is 1. The predicted octanol–water partition coefficient (Wildman–Crippen LogP) is 4.61. The Morgan fingerprint density at radius 1 is 1.08 bits per heavy atom. The molecular formula is C22H20ClN2O+. The summed E-state index contributed by atoms with van der Waals surface area (Å²) < 4.78 is 1.96. The standard InChI is InChI=1S/C22H19ClN2O/c23-19-9-6-17(7-10-19)22(26)15-25-13-12-21-18(14-25)8-11-20(24-21)16-4-2-1-3-5-16/h1-7,9-10,12-14,20H,8,11,15H2/p+1. The molecule has 26 heavy (non-hydrogen) atoms. The van der Waals surface area contributed by atoms with Gasteiger partial charge < -0.3 is 5.32 Å². The van der Waals surface area contributed by atoms with Gasteiger partial charge in [-0.2, -0.15) is 4.57 Å². The Kier molecular flexibility index (Phi) is 4.72. The summed E-state index contributed by atoms with van der Waals surface area (Å²) in [6.45, 7) is 0.330. The predicted molar refractivity (Wildman–Crippen MR) is 104 cm³/mol. The van der Waals surface area contributed by atoms with Gasteiger partial charge >= 0.3 is 0 Å². The largest absolute Gasteiger partial charge is 0.378 e. The molecule has 0 amide bonds. The Labute approximate surface area is 158 Å². The van der Waals surface area contributed by atoms with Crippen molar-refractivity contribution in [1.82, 2.24) is 0 Å². The molecule has 4 heteroatoms. The van der Waals surface area contributed by atoms with Crippen molar-refractivity contribution in [1.29, 1.82) is 0 Å². The molecule has 1 aliphatic rings. The molecule has 1 aromatic heterocycles. The lowest BCUT2D eigenvalue weighted by Crippen LogP contribution is -2.38. The van der Waals surface area contributed by atoms with E-state index < -0.39 is 0 Å². The number of carbonyl (C=O) groups is 1. The second-order valence-electron chi connectivity index (χ2n) is 6.63. The zero-order valence-corrected chi connectivity index (χ0v) is 15.1. The number of nitrogens with one attached hydrogen (secondary N) is 1. The topological polar surface area (TPSA) is 33.0 Å². The molecule has 3 nitrogen and oxygen atoms in total. The van der Waals surface area contributed by atoms with E-state index in [1.807, 2.05) is 16.8 Å². The fraction of sp³-hybridized carbons (Fsp3) is 0.182. The highest BCUT2D eigenvalue weighted by molar-refractivity contribution is 6.30. The minimum atomic E-state index is 0.0811. The molecule has 0 saturated carbocycles. The zero-order valence-electron chi connectivity index (χ0n) is 14.4. The Morgan fingerprint density at radius 3 is 2.62 bits per heavy atom. The average Bonchev–Trinajstić information content (AvgIpc) is 2.69. The van der Waals surface area contributed by atoms with Gasteiger partial charge in [-0.25, -0.2) is 0 Å². The molecule has 0 aliphatic carbocycles. The lowest BCUT2D eigenvalue weighted by atomic mass is 9.94. The van der Waals surface area contributed by atoms with Crippen LogP contribution >= 0.6 is 11.6 Å². The molecule has 130 valence electrons. The molecule has 0 bridgehead atoms. The van der Waals surface area contributed by atoms with Crippen molar-refractivity contribution >= 4 is 23.1 Å². The Hall–Kier alpha value is -2.65. The lowest BCUT2D eigenvalue weighted by molar-refractivity contribution is -0.683. The number of halogens is 1.